The fraction of sp³-hybridized carbons (Fsp3) is 0.526. The summed E-state index contributed by atoms with van der Waals surface area (Å²) in [5, 5.41) is 42.8. The molecule has 2 fully saturated rings. The molecule has 2 aliphatic heterocycles. The predicted molar refractivity (Wildman–Crippen MR) is 139 cm³/mol. The highest BCUT2D eigenvalue weighted by molar-refractivity contribution is 7.61. The zero-order chi connectivity index (χ0) is 31.3. The number of aromatic nitrogens is 5. The number of aliphatic hydroxyl groups excluding tert-OH is 4. The standard InChI is InChI=1S/C19H25N7O14P2S/c20-15-9-17(23-4-22-15)26(5-24-9)19-13(30)11(28)8(39-19)2-37-42(34,35)40-41(32,33)36-1-7-10(27)12(29)14(38-7)18-25-6(3-43-18)16(21)31/h3-5,7-8,10-14,19,27-30H,1-2H2,(H2,21,31)(H,32,33)(H,34,35)(H2,20,22,23)/t7-,8+,10-,11-,12+,13-,14-,19+/m1/s1. The van der Waals surface area contributed by atoms with Gasteiger partial charge in [0.2, 0.25) is 0 Å². The van der Waals surface area contributed by atoms with E-state index in [0.717, 1.165) is 17.7 Å². The molecule has 0 spiro atoms. The molecule has 5 heterocycles. The summed E-state index contributed by atoms with van der Waals surface area (Å²) in [6, 6.07) is 0. The van der Waals surface area contributed by atoms with E-state index < -0.39 is 83.7 Å². The van der Waals surface area contributed by atoms with Crippen molar-refractivity contribution in [1.29, 1.82) is 0 Å². The van der Waals surface area contributed by atoms with Crippen molar-refractivity contribution < 1.29 is 67.0 Å². The average molecular weight is 669 g/mol. The van der Waals surface area contributed by atoms with Gasteiger partial charge in [-0.05, 0) is 0 Å². The molecule has 21 nitrogen and oxygen atoms in total. The number of carbonyl (C=O) groups excluding carboxylic acids is 1. The van der Waals surface area contributed by atoms with Gasteiger partial charge in [-0.1, -0.05) is 0 Å². The van der Waals surface area contributed by atoms with Crippen LogP contribution in [0.25, 0.3) is 11.2 Å². The number of hydrogen-bond donors (Lipinski definition) is 8. The lowest BCUT2D eigenvalue weighted by Crippen LogP contribution is -2.33. The summed E-state index contributed by atoms with van der Waals surface area (Å²) in [6.45, 7) is -1.80. The molecule has 10 atom stereocenters. The third-order valence-corrected chi connectivity index (χ3v) is 9.90. The Kier molecular flexibility index (Phi) is 8.97. The van der Waals surface area contributed by atoms with Crippen LogP contribution < -0.4 is 11.5 Å². The molecular weight excluding hydrogens is 644 g/mol. The predicted octanol–water partition coefficient (Wildman–Crippen LogP) is -2.30. The summed E-state index contributed by atoms with van der Waals surface area (Å²) < 4.78 is 50.6. The quantitative estimate of drug-likeness (QED) is 0.0994. The van der Waals surface area contributed by atoms with E-state index in [4.69, 9.17) is 25.5 Å². The normalized spacial score (nSPS) is 32.1. The molecule has 0 radical (unpaired) electrons. The number of carbonyl (C=O) groups is 1. The topological polar surface area (TPSA) is 327 Å². The van der Waals surface area contributed by atoms with E-state index in [-0.39, 0.29) is 27.7 Å². The Balaban J connectivity index is 1.15. The van der Waals surface area contributed by atoms with E-state index in [0.29, 0.717) is 0 Å². The molecular formula is C19H25N7O14P2S. The SMILES string of the molecule is NC(=O)c1csc([C@@H]2O[C@H](COP(=O)(O)OP(=O)(O)OC[C@@H]3O[C@H](n4cnc5c(N)ncnc54)[C@H](O)[C@@H]3O)[C@@H](O)[C@@H]2O)n1. The second-order valence-electron chi connectivity index (χ2n) is 9.25. The lowest BCUT2D eigenvalue weighted by molar-refractivity contribution is -0.0507. The van der Waals surface area contributed by atoms with Crippen molar-refractivity contribution in [3.8, 4) is 0 Å². The first-order valence-electron chi connectivity index (χ1n) is 12.0. The molecule has 5 rings (SSSR count). The first-order valence-corrected chi connectivity index (χ1v) is 15.9. The van der Waals surface area contributed by atoms with Crippen LogP contribution >= 0.6 is 27.0 Å². The van der Waals surface area contributed by atoms with Gasteiger partial charge in [0, 0.05) is 5.38 Å². The van der Waals surface area contributed by atoms with Crippen molar-refractivity contribution in [2.45, 2.75) is 49.0 Å². The minimum atomic E-state index is -5.37. The number of ether oxygens (including phenoxy) is 2. The monoisotopic (exact) mass is 669 g/mol. The van der Waals surface area contributed by atoms with Crippen molar-refractivity contribution in [3.05, 3.63) is 28.7 Å². The molecule has 2 saturated heterocycles. The summed E-state index contributed by atoms with van der Waals surface area (Å²) in [5.41, 5.74) is 11.1. The molecule has 236 valence electrons. The van der Waals surface area contributed by atoms with Crippen molar-refractivity contribution >= 4 is 49.9 Å². The van der Waals surface area contributed by atoms with Crippen LogP contribution in [-0.2, 0) is 32.0 Å². The third kappa shape index (κ3) is 6.62. The number of imidazole rings is 1. The fourth-order valence-corrected chi connectivity index (χ4v) is 7.26. The van der Waals surface area contributed by atoms with Gasteiger partial charge >= 0.3 is 15.6 Å². The van der Waals surface area contributed by atoms with Crippen molar-refractivity contribution in [3.63, 3.8) is 0 Å². The van der Waals surface area contributed by atoms with Crippen LogP contribution in [0.3, 0.4) is 0 Å². The van der Waals surface area contributed by atoms with Gasteiger partial charge in [-0.25, -0.2) is 29.1 Å². The molecule has 0 bridgehead atoms. The number of phosphoric acid groups is 2. The number of phosphoric ester groups is 2. The van der Waals surface area contributed by atoms with Gasteiger partial charge in [-0.15, -0.1) is 11.3 Å². The molecule has 0 saturated carbocycles. The highest BCUT2D eigenvalue weighted by Gasteiger charge is 2.48. The molecule has 24 heteroatoms. The maximum Gasteiger partial charge on any atom is 0.481 e. The summed E-state index contributed by atoms with van der Waals surface area (Å²) in [6.07, 6.45) is -9.48. The van der Waals surface area contributed by atoms with E-state index in [1.807, 2.05) is 0 Å². The highest BCUT2D eigenvalue weighted by Crippen LogP contribution is 2.61. The molecule has 3 aromatic rings. The van der Waals surface area contributed by atoms with Gasteiger partial charge in [0.1, 0.15) is 65.3 Å². The largest absolute Gasteiger partial charge is 0.481 e. The Morgan fingerprint density at radius 3 is 2.23 bits per heavy atom. The van der Waals surface area contributed by atoms with Crippen LogP contribution in [0.4, 0.5) is 5.82 Å². The maximum absolute atomic E-state index is 12.4. The molecule has 10 N–H and O–H groups in total. The summed E-state index contributed by atoms with van der Waals surface area (Å²) >= 11 is 0.908. The lowest BCUT2D eigenvalue weighted by atomic mass is 10.1. The molecule has 3 aromatic heterocycles. The van der Waals surface area contributed by atoms with E-state index in [9.17, 15) is 44.1 Å². The van der Waals surface area contributed by atoms with Crippen LogP contribution in [0.15, 0.2) is 18.0 Å². The summed E-state index contributed by atoms with van der Waals surface area (Å²) in [4.78, 5) is 47.0. The van der Waals surface area contributed by atoms with E-state index in [1.54, 1.807) is 0 Å². The molecule has 0 aromatic carbocycles. The average Bonchev–Trinajstić information content (AvgIpc) is 3.70. The van der Waals surface area contributed by atoms with Gasteiger partial charge in [0.05, 0.1) is 19.5 Å². The Bertz CT molecular complexity index is 1590. The Morgan fingerprint density at radius 1 is 0.977 bits per heavy atom. The number of hydrogen-bond acceptors (Lipinski definition) is 18. The van der Waals surface area contributed by atoms with Crippen LogP contribution in [0.5, 0.6) is 0 Å². The second kappa shape index (κ2) is 12.1. The van der Waals surface area contributed by atoms with E-state index >= 15 is 0 Å². The number of fused-ring (bicyclic) bond motifs is 1. The number of nitrogen functional groups attached to an aromatic ring is 1. The minimum Gasteiger partial charge on any atom is -0.387 e. The number of nitrogens with two attached hydrogens (primary N) is 2. The first kappa shape index (κ1) is 31.9. The summed E-state index contributed by atoms with van der Waals surface area (Å²) in [5.74, 6) is -0.782. The van der Waals surface area contributed by atoms with Gasteiger partial charge in [0.15, 0.2) is 17.7 Å². The molecule has 0 aliphatic carbocycles. The smallest absolute Gasteiger partial charge is 0.387 e. The Morgan fingerprint density at radius 2 is 1.60 bits per heavy atom. The van der Waals surface area contributed by atoms with Crippen LogP contribution in [0.2, 0.25) is 0 Å². The van der Waals surface area contributed by atoms with Gasteiger partial charge < -0.3 is 51.2 Å². The number of amides is 1. The number of rotatable bonds is 11. The second-order valence-corrected chi connectivity index (χ2v) is 13.2. The van der Waals surface area contributed by atoms with E-state index in [1.165, 1.54) is 16.3 Å². The number of nitrogens with zero attached hydrogens (tertiary/aromatic N) is 5. The maximum atomic E-state index is 12.4. The van der Waals surface area contributed by atoms with Gasteiger partial charge in [-0.3, -0.25) is 18.4 Å². The number of thiazole rings is 1. The Labute approximate surface area is 243 Å². The van der Waals surface area contributed by atoms with Gasteiger partial charge in [-0.2, -0.15) is 4.31 Å². The number of anilines is 1. The molecule has 2 aliphatic rings. The third-order valence-electron chi connectivity index (χ3n) is 6.39. The number of aliphatic hydroxyl groups is 4. The molecule has 2 unspecified atom stereocenters. The van der Waals surface area contributed by atoms with Crippen LogP contribution in [0.1, 0.15) is 27.8 Å². The Hall–Kier alpha value is -2.53. The van der Waals surface area contributed by atoms with E-state index in [2.05, 4.69) is 28.8 Å². The molecule has 1 amide bonds. The van der Waals surface area contributed by atoms with Crippen molar-refractivity contribution in [1.82, 2.24) is 24.5 Å². The number of primary amides is 1. The summed E-state index contributed by atoms with van der Waals surface area (Å²) in [7, 11) is -10.7. The highest BCUT2D eigenvalue weighted by atomic mass is 32.1. The minimum absolute atomic E-state index is 0.0500. The van der Waals surface area contributed by atoms with Crippen LogP contribution in [0, 0.1) is 0 Å². The zero-order valence-corrected chi connectivity index (χ0v) is 24.0. The zero-order valence-electron chi connectivity index (χ0n) is 21.4. The van der Waals surface area contributed by atoms with Crippen molar-refractivity contribution in [2.75, 3.05) is 18.9 Å². The molecule has 43 heavy (non-hydrogen) atoms. The lowest BCUT2D eigenvalue weighted by Gasteiger charge is -2.20. The first-order chi connectivity index (χ1) is 20.2. The van der Waals surface area contributed by atoms with Crippen molar-refractivity contribution in [2.24, 2.45) is 5.73 Å². The van der Waals surface area contributed by atoms with Gasteiger partial charge in [0.25, 0.3) is 5.91 Å². The fourth-order valence-electron chi connectivity index (χ4n) is 4.29. The van der Waals surface area contributed by atoms with Crippen LogP contribution in [-0.4, -0.2) is 110 Å².